The Labute approximate surface area is 121 Å². The van der Waals surface area contributed by atoms with E-state index in [4.69, 9.17) is 11.6 Å². The van der Waals surface area contributed by atoms with E-state index >= 15 is 0 Å². The molecule has 0 radical (unpaired) electrons. The third kappa shape index (κ3) is 3.71. The summed E-state index contributed by atoms with van der Waals surface area (Å²) in [5.41, 5.74) is 0.842. The van der Waals surface area contributed by atoms with E-state index < -0.39 is 5.60 Å². The molecule has 1 aliphatic rings. The standard InChI is InChI=1S/C16H24ClNO/c1-3-16(19,4-2)11-18-15-9-13(10-15)12-5-7-14(17)8-6-12/h5-8,13,15,18-19H,3-4,9-11H2,1-2H3. The first-order chi connectivity index (χ1) is 9.06. The van der Waals surface area contributed by atoms with Crippen LogP contribution in [0.2, 0.25) is 5.02 Å². The Hall–Kier alpha value is -0.570. The van der Waals surface area contributed by atoms with Crippen LogP contribution < -0.4 is 5.32 Å². The molecule has 1 aliphatic carbocycles. The fourth-order valence-electron chi connectivity index (χ4n) is 2.63. The zero-order valence-corrected chi connectivity index (χ0v) is 12.6. The predicted molar refractivity (Wildman–Crippen MR) is 80.7 cm³/mol. The topological polar surface area (TPSA) is 32.3 Å². The van der Waals surface area contributed by atoms with Gasteiger partial charge in [0.2, 0.25) is 0 Å². The molecular formula is C16H24ClNO. The van der Waals surface area contributed by atoms with Crippen LogP contribution in [-0.2, 0) is 0 Å². The van der Waals surface area contributed by atoms with Gasteiger partial charge in [0.05, 0.1) is 5.60 Å². The van der Waals surface area contributed by atoms with Gasteiger partial charge in [0, 0.05) is 17.6 Å². The van der Waals surface area contributed by atoms with E-state index in [2.05, 4.69) is 17.4 Å². The molecule has 0 saturated heterocycles. The number of rotatable bonds is 6. The summed E-state index contributed by atoms with van der Waals surface area (Å²) >= 11 is 5.90. The molecule has 1 saturated carbocycles. The van der Waals surface area contributed by atoms with Crippen molar-refractivity contribution in [3.8, 4) is 0 Å². The molecule has 3 heteroatoms. The van der Waals surface area contributed by atoms with Crippen LogP contribution >= 0.6 is 11.6 Å². The fourth-order valence-corrected chi connectivity index (χ4v) is 2.75. The molecule has 0 amide bonds. The lowest BCUT2D eigenvalue weighted by atomic mass is 9.75. The van der Waals surface area contributed by atoms with E-state index in [1.165, 1.54) is 5.56 Å². The van der Waals surface area contributed by atoms with Crippen LogP contribution in [-0.4, -0.2) is 23.3 Å². The average Bonchev–Trinajstić information content (AvgIpc) is 2.38. The Morgan fingerprint density at radius 3 is 2.32 bits per heavy atom. The lowest BCUT2D eigenvalue weighted by Gasteiger charge is -2.38. The van der Waals surface area contributed by atoms with Gasteiger partial charge in [0.25, 0.3) is 0 Å². The van der Waals surface area contributed by atoms with Crippen molar-refractivity contribution in [1.82, 2.24) is 5.32 Å². The van der Waals surface area contributed by atoms with Gasteiger partial charge in [-0.15, -0.1) is 0 Å². The summed E-state index contributed by atoms with van der Waals surface area (Å²) in [6.45, 7) is 4.79. The minimum absolute atomic E-state index is 0.536. The maximum atomic E-state index is 10.2. The van der Waals surface area contributed by atoms with Gasteiger partial charge in [0.1, 0.15) is 0 Å². The number of benzene rings is 1. The molecule has 0 aliphatic heterocycles. The summed E-state index contributed by atoms with van der Waals surface area (Å²) in [5, 5.41) is 14.5. The molecule has 0 aromatic heterocycles. The monoisotopic (exact) mass is 281 g/mol. The van der Waals surface area contributed by atoms with Crippen molar-refractivity contribution in [2.24, 2.45) is 0 Å². The Morgan fingerprint density at radius 2 is 1.79 bits per heavy atom. The predicted octanol–water partition coefficient (Wildman–Crippen LogP) is 3.73. The summed E-state index contributed by atoms with van der Waals surface area (Å²) in [6.07, 6.45) is 3.93. The molecule has 2 nitrogen and oxygen atoms in total. The summed E-state index contributed by atoms with van der Waals surface area (Å²) in [7, 11) is 0. The lowest BCUT2D eigenvalue weighted by Crippen LogP contribution is -2.48. The normalized spacial score (nSPS) is 23.2. The maximum absolute atomic E-state index is 10.2. The van der Waals surface area contributed by atoms with E-state index in [-0.39, 0.29) is 0 Å². The van der Waals surface area contributed by atoms with Gasteiger partial charge < -0.3 is 10.4 Å². The smallest absolute Gasteiger partial charge is 0.0766 e. The van der Waals surface area contributed by atoms with Crippen molar-refractivity contribution in [2.75, 3.05) is 6.54 Å². The van der Waals surface area contributed by atoms with Gasteiger partial charge >= 0.3 is 0 Å². The number of halogens is 1. The van der Waals surface area contributed by atoms with Crippen LogP contribution in [0.25, 0.3) is 0 Å². The van der Waals surface area contributed by atoms with E-state index in [1.54, 1.807) is 0 Å². The number of aliphatic hydroxyl groups is 1. The lowest BCUT2D eigenvalue weighted by molar-refractivity contribution is 0.0261. The van der Waals surface area contributed by atoms with Gasteiger partial charge in [-0.3, -0.25) is 0 Å². The second-order valence-electron chi connectivity index (χ2n) is 5.73. The summed E-state index contributed by atoms with van der Waals surface area (Å²) in [4.78, 5) is 0. The second-order valence-corrected chi connectivity index (χ2v) is 6.17. The summed E-state index contributed by atoms with van der Waals surface area (Å²) in [6, 6.07) is 8.72. The van der Waals surface area contributed by atoms with Crippen molar-refractivity contribution in [2.45, 2.75) is 57.1 Å². The third-order valence-corrected chi connectivity index (χ3v) is 4.77. The van der Waals surface area contributed by atoms with Gasteiger partial charge in [0.15, 0.2) is 0 Å². The van der Waals surface area contributed by atoms with E-state index in [9.17, 15) is 5.11 Å². The van der Waals surface area contributed by atoms with E-state index in [0.29, 0.717) is 18.5 Å². The van der Waals surface area contributed by atoms with Gasteiger partial charge in [-0.05, 0) is 49.3 Å². The van der Waals surface area contributed by atoms with Crippen LogP contribution in [0.5, 0.6) is 0 Å². The van der Waals surface area contributed by atoms with Crippen LogP contribution in [0.4, 0.5) is 0 Å². The highest BCUT2D eigenvalue weighted by Crippen LogP contribution is 2.37. The molecule has 1 fully saturated rings. The van der Waals surface area contributed by atoms with Crippen LogP contribution in [0, 0.1) is 0 Å². The van der Waals surface area contributed by atoms with Crippen molar-refractivity contribution in [3.63, 3.8) is 0 Å². The van der Waals surface area contributed by atoms with Gasteiger partial charge in [-0.2, -0.15) is 0 Å². The molecule has 0 bridgehead atoms. The summed E-state index contributed by atoms with van der Waals surface area (Å²) in [5.74, 6) is 0.645. The van der Waals surface area contributed by atoms with Gasteiger partial charge in [-0.1, -0.05) is 37.6 Å². The van der Waals surface area contributed by atoms with Crippen LogP contribution in [0.1, 0.15) is 51.0 Å². The number of hydrogen-bond acceptors (Lipinski definition) is 2. The Morgan fingerprint density at radius 1 is 1.21 bits per heavy atom. The molecule has 2 N–H and O–H groups in total. The highest BCUT2D eigenvalue weighted by atomic mass is 35.5. The summed E-state index contributed by atoms with van der Waals surface area (Å²) < 4.78 is 0. The molecule has 106 valence electrons. The van der Waals surface area contributed by atoms with Crippen molar-refractivity contribution in [3.05, 3.63) is 34.9 Å². The highest BCUT2D eigenvalue weighted by molar-refractivity contribution is 6.30. The van der Waals surface area contributed by atoms with Crippen molar-refractivity contribution in [1.29, 1.82) is 0 Å². The van der Waals surface area contributed by atoms with Crippen molar-refractivity contribution >= 4 is 11.6 Å². The number of hydrogen-bond donors (Lipinski definition) is 2. The zero-order valence-electron chi connectivity index (χ0n) is 11.8. The third-order valence-electron chi connectivity index (χ3n) is 4.52. The first kappa shape index (κ1) is 14.8. The van der Waals surface area contributed by atoms with Crippen LogP contribution in [0.15, 0.2) is 24.3 Å². The minimum Gasteiger partial charge on any atom is -0.389 e. The van der Waals surface area contributed by atoms with E-state index in [1.807, 2.05) is 26.0 Å². The van der Waals surface area contributed by atoms with Gasteiger partial charge in [-0.25, -0.2) is 0 Å². The molecule has 2 rings (SSSR count). The molecule has 19 heavy (non-hydrogen) atoms. The molecule has 0 spiro atoms. The Kier molecular flexibility index (Phi) is 4.88. The molecule has 0 unspecified atom stereocenters. The maximum Gasteiger partial charge on any atom is 0.0766 e. The molecular weight excluding hydrogens is 258 g/mol. The van der Waals surface area contributed by atoms with Crippen molar-refractivity contribution < 1.29 is 5.11 Å². The van der Waals surface area contributed by atoms with E-state index in [0.717, 1.165) is 30.7 Å². The first-order valence-corrected chi connectivity index (χ1v) is 7.65. The largest absolute Gasteiger partial charge is 0.389 e. The quantitative estimate of drug-likeness (QED) is 0.833. The molecule has 1 aromatic carbocycles. The zero-order chi connectivity index (χ0) is 13.9. The highest BCUT2D eigenvalue weighted by Gasteiger charge is 2.32. The minimum atomic E-state index is -0.536. The Bertz CT molecular complexity index is 394. The first-order valence-electron chi connectivity index (χ1n) is 7.27. The molecule has 1 aromatic rings. The molecule has 0 atom stereocenters. The average molecular weight is 282 g/mol. The fraction of sp³-hybridized carbons (Fsp3) is 0.625. The molecule has 0 heterocycles. The second kappa shape index (κ2) is 6.25. The number of nitrogens with one attached hydrogen (secondary N) is 1. The van der Waals surface area contributed by atoms with Crippen LogP contribution in [0.3, 0.4) is 0 Å². The Balaban J connectivity index is 1.76. The SMILES string of the molecule is CCC(O)(CC)CNC1CC(c2ccc(Cl)cc2)C1.